The van der Waals surface area contributed by atoms with Gasteiger partial charge in [0, 0.05) is 37.4 Å². The normalized spacial score (nSPS) is 17.0. The number of nitrogens with zero attached hydrogens (tertiary/aromatic N) is 2. The molecule has 154 valence electrons. The van der Waals surface area contributed by atoms with Gasteiger partial charge in [-0.2, -0.15) is 13.6 Å². The van der Waals surface area contributed by atoms with Crippen molar-refractivity contribution in [2.75, 3.05) is 24.5 Å². The van der Waals surface area contributed by atoms with Gasteiger partial charge in [-0.3, -0.25) is 4.79 Å². The summed E-state index contributed by atoms with van der Waals surface area (Å²) in [6, 6.07) is 12.9. The number of fused-ring (bicyclic) bond motifs is 1. The van der Waals surface area contributed by atoms with Crippen LogP contribution < -0.4 is 14.2 Å². The molecule has 0 bridgehead atoms. The first-order valence-electron chi connectivity index (χ1n) is 9.87. The molecule has 0 radical (unpaired) electrons. The Bertz CT molecular complexity index is 999. The van der Waals surface area contributed by atoms with Crippen molar-refractivity contribution in [2.45, 2.75) is 32.2 Å². The van der Waals surface area contributed by atoms with Crippen LogP contribution in [0, 0.1) is 0 Å². The van der Waals surface area contributed by atoms with Crippen molar-refractivity contribution < 1.29 is 17.4 Å². The lowest BCUT2D eigenvalue weighted by atomic mass is 9.99. The van der Waals surface area contributed by atoms with Crippen molar-refractivity contribution in [3.05, 3.63) is 59.2 Å². The van der Waals surface area contributed by atoms with Gasteiger partial charge in [0.15, 0.2) is 0 Å². The zero-order valence-corrected chi connectivity index (χ0v) is 17.0. The quantitative estimate of drug-likeness (QED) is 0.828. The topological polar surface area (TPSA) is 92.9 Å². The van der Waals surface area contributed by atoms with E-state index < -0.39 is 10.3 Å². The van der Waals surface area contributed by atoms with Crippen LogP contribution in [0.4, 0.5) is 5.69 Å². The molecule has 1 saturated heterocycles. The number of anilines is 1. The molecule has 0 spiro atoms. The highest BCUT2D eigenvalue weighted by atomic mass is 32.2. The van der Waals surface area contributed by atoms with E-state index >= 15 is 0 Å². The summed E-state index contributed by atoms with van der Waals surface area (Å²) in [4.78, 5) is 17.1. The number of rotatable bonds is 4. The molecule has 1 fully saturated rings. The Kier molecular flexibility index (Phi) is 5.47. The van der Waals surface area contributed by atoms with Gasteiger partial charge in [0.05, 0.1) is 0 Å². The van der Waals surface area contributed by atoms with Crippen LogP contribution in [0.5, 0.6) is 5.75 Å². The predicted molar refractivity (Wildman–Crippen MR) is 111 cm³/mol. The minimum atomic E-state index is -4.07. The lowest BCUT2D eigenvalue weighted by Gasteiger charge is -2.30. The number of carbonyl (C=O) groups is 1. The summed E-state index contributed by atoms with van der Waals surface area (Å²) >= 11 is 0. The third kappa shape index (κ3) is 4.71. The van der Waals surface area contributed by atoms with Crippen molar-refractivity contribution >= 4 is 21.9 Å². The van der Waals surface area contributed by atoms with Crippen LogP contribution in [0.1, 0.15) is 40.7 Å². The molecule has 2 aliphatic heterocycles. The Balaban J connectivity index is 1.47. The third-order valence-electron chi connectivity index (χ3n) is 5.53. The molecule has 2 heterocycles. The van der Waals surface area contributed by atoms with Gasteiger partial charge in [-0.25, -0.2) is 0 Å². The fourth-order valence-corrected chi connectivity index (χ4v) is 4.41. The fraction of sp³-hybridized carbons (Fsp3) is 0.381. The van der Waals surface area contributed by atoms with Crippen molar-refractivity contribution in [2.24, 2.45) is 5.14 Å². The van der Waals surface area contributed by atoms with Gasteiger partial charge in [-0.15, -0.1) is 0 Å². The average molecular weight is 416 g/mol. The van der Waals surface area contributed by atoms with E-state index in [1.807, 2.05) is 30.3 Å². The monoisotopic (exact) mass is 415 g/mol. The largest absolute Gasteiger partial charge is 0.380 e. The van der Waals surface area contributed by atoms with E-state index in [4.69, 9.17) is 9.32 Å². The first kappa shape index (κ1) is 19.7. The molecule has 1 amide bonds. The molecule has 0 aromatic heterocycles. The lowest BCUT2D eigenvalue weighted by Crippen LogP contribution is -2.36. The number of hydrogen-bond acceptors (Lipinski definition) is 5. The molecule has 2 N–H and O–H groups in total. The second kappa shape index (κ2) is 8.04. The number of piperidine rings is 1. The summed E-state index contributed by atoms with van der Waals surface area (Å²) in [7, 11) is -4.07. The van der Waals surface area contributed by atoms with E-state index in [-0.39, 0.29) is 11.7 Å². The zero-order valence-electron chi connectivity index (χ0n) is 16.2. The molecule has 4 rings (SSSR count). The Morgan fingerprint density at radius 1 is 0.931 bits per heavy atom. The highest BCUT2D eigenvalue weighted by Crippen LogP contribution is 2.26. The van der Waals surface area contributed by atoms with Gasteiger partial charge in [0.25, 0.3) is 5.91 Å². The molecule has 0 aliphatic carbocycles. The molecular formula is C21H25N3O4S. The van der Waals surface area contributed by atoms with Gasteiger partial charge in [0.1, 0.15) is 5.75 Å². The second-order valence-electron chi connectivity index (χ2n) is 7.58. The molecule has 2 aromatic carbocycles. The standard InChI is InChI=1S/C21H25N3O4S/c22-29(26,27)28-20-9-6-16-10-13-24(15-18(16)14-20)21(25)17-4-7-19(8-5-17)23-11-2-1-3-12-23/h4-9,14H,1-3,10-13,15H2,(H2,22,26,27). The number of amides is 1. The van der Waals surface area contributed by atoms with Crippen molar-refractivity contribution in [1.82, 2.24) is 4.90 Å². The average Bonchev–Trinajstić information content (AvgIpc) is 2.72. The van der Waals surface area contributed by atoms with E-state index in [1.165, 1.54) is 19.3 Å². The van der Waals surface area contributed by atoms with Crippen LogP contribution in [0.3, 0.4) is 0 Å². The predicted octanol–water partition coefficient (Wildman–Crippen LogP) is 2.46. The molecule has 0 saturated carbocycles. The molecule has 2 aliphatic rings. The Morgan fingerprint density at radius 3 is 2.34 bits per heavy atom. The van der Waals surface area contributed by atoms with E-state index in [1.54, 1.807) is 17.0 Å². The Morgan fingerprint density at radius 2 is 1.66 bits per heavy atom. The van der Waals surface area contributed by atoms with Crippen LogP contribution in [-0.2, 0) is 23.3 Å². The summed E-state index contributed by atoms with van der Waals surface area (Å²) < 4.78 is 27.1. The zero-order chi connectivity index (χ0) is 20.4. The van der Waals surface area contributed by atoms with Gasteiger partial charge in [-0.1, -0.05) is 6.07 Å². The SMILES string of the molecule is NS(=O)(=O)Oc1ccc2c(c1)CN(C(=O)c1ccc(N3CCCCC3)cc1)CC2. The summed E-state index contributed by atoms with van der Waals surface area (Å²) in [5.74, 6) is 0.130. The maximum absolute atomic E-state index is 13.0. The third-order valence-corrected chi connectivity index (χ3v) is 5.95. The minimum absolute atomic E-state index is 0.0291. The van der Waals surface area contributed by atoms with Gasteiger partial charge in [0.2, 0.25) is 0 Å². The van der Waals surface area contributed by atoms with E-state index in [9.17, 15) is 13.2 Å². The first-order chi connectivity index (χ1) is 13.9. The van der Waals surface area contributed by atoms with Crippen LogP contribution in [-0.4, -0.2) is 38.9 Å². The minimum Gasteiger partial charge on any atom is -0.372 e. The molecule has 29 heavy (non-hydrogen) atoms. The van der Waals surface area contributed by atoms with Gasteiger partial charge >= 0.3 is 10.3 Å². The Labute approximate surface area is 171 Å². The van der Waals surface area contributed by atoms with E-state index in [0.29, 0.717) is 25.1 Å². The van der Waals surface area contributed by atoms with Crippen molar-refractivity contribution in [3.8, 4) is 5.75 Å². The summed E-state index contributed by atoms with van der Waals surface area (Å²) in [6.45, 7) is 3.16. The van der Waals surface area contributed by atoms with Gasteiger partial charge in [-0.05, 0) is 73.2 Å². The highest BCUT2D eigenvalue weighted by Gasteiger charge is 2.23. The summed E-state index contributed by atoms with van der Waals surface area (Å²) in [6.07, 6.45) is 4.42. The Hall–Kier alpha value is -2.58. The number of benzene rings is 2. The smallest absolute Gasteiger partial charge is 0.372 e. The highest BCUT2D eigenvalue weighted by molar-refractivity contribution is 7.84. The first-order valence-corrected chi connectivity index (χ1v) is 11.3. The molecule has 0 atom stereocenters. The maximum atomic E-state index is 13.0. The summed E-state index contributed by atoms with van der Waals surface area (Å²) in [5.41, 5.74) is 3.77. The fourth-order valence-electron chi connectivity index (χ4n) is 4.04. The van der Waals surface area contributed by atoms with Crippen LogP contribution in [0.15, 0.2) is 42.5 Å². The second-order valence-corrected chi connectivity index (χ2v) is 8.73. The number of nitrogens with two attached hydrogens (primary N) is 1. The number of hydrogen-bond donors (Lipinski definition) is 1. The molecule has 2 aromatic rings. The maximum Gasteiger partial charge on any atom is 0.380 e. The van der Waals surface area contributed by atoms with Crippen molar-refractivity contribution in [1.29, 1.82) is 0 Å². The van der Waals surface area contributed by atoms with Gasteiger partial charge < -0.3 is 14.0 Å². The summed E-state index contributed by atoms with van der Waals surface area (Å²) in [5, 5.41) is 4.94. The lowest BCUT2D eigenvalue weighted by molar-refractivity contribution is 0.0734. The van der Waals surface area contributed by atoms with E-state index in [2.05, 4.69) is 4.90 Å². The molecule has 7 nitrogen and oxygen atoms in total. The van der Waals surface area contributed by atoms with Crippen LogP contribution in [0.2, 0.25) is 0 Å². The van der Waals surface area contributed by atoms with Crippen molar-refractivity contribution in [3.63, 3.8) is 0 Å². The van der Waals surface area contributed by atoms with E-state index in [0.717, 1.165) is 29.9 Å². The molecular weight excluding hydrogens is 390 g/mol. The molecule has 8 heteroatoms. The van der Waals surface area contributed by atoms with Crippen LogP contribution in [0.25, 0.3) is 0 Å². The number of carbonyl (C=O) groups excluding carboxylic acids is 1. The molecule has 0 unspecified atom stereocenters. The van der Waals surface area contributed by atoms with Crippen LogP contribution >= 0.6 is 0 Å².